The van der Waals surface area contributed by atoms with E-state index in [-0.39, 0.29) is 12.5 Å². The lowest BCUT2D eigenvalue weighted by atomic mass is 10.3. The minimum Gasteiger partial charge on any atom is -0.375 e. The first-order chi connectivity index (χ1) is 9.06. The number of nitrogens with one attached hydrogen (secondary N) is 1. The van der Waals surface area contributed by atoms with Crippen molar-refractivity contribution >= 4 is 34.8 Å². The summed E-state index contributed by atoms with van der Waals surface area (Å²) in [6.45, 7) is 3.67. The molecule has 104 valence electrons. The number of carbonyl (C=O) groups is 1. The summed E-state index contributed by atoms with van der Waals surface area (Å²) in [6.07, 6.45) is 0. The maximum absolute atomic E-state index is 12.0. The molecule has 4 nitrogen and oxygen atoms in total. The lowest BCUT2D eigenvalue weighted by molar-refractivity contribution is -0.130. The third-order valence-electron chi connectivity index (χ3n) is 3.22. The molecule has 1 saturated heterocycles. The fourth-order valence-corrected chi connectivity index (χ4v) is 2.45. The maximum atomic E-state index is 12.0. The van der Waals surface area contributed by atoms with Gasteiger partial charge in [0.05, 0.1) is 17.3 Å². The molecule has 1 aromatic rings. The van der Waals surface area contributed by atoms with E-state index < -0.39 is 0 Å². The summed E-state index contributed by atoms with van der Waals surface area (Å²) >= 11 is 11.9. The van der Waals surface area contributed by atoms with Crippen LogP contribution in [0.25, 0.3) is 0 Å². The Balaban J connectivity index is 1.86. The van der Waals surface area contributed by atoms with Crippen LogP contribution in [-0.2, 0) is 4.79 Å². The number of anilines is 1. The van der Waals surface area contributed by atoms with Gasteiger partial charge in [-0.1, -0.05) is 23.2 Å². The van der Waals surface area contributed by atoms with Crippen molar-refractivity contribution in [1.29, 1.82) is 0 Å². The number of halogens is 2. The van der Waals surface area contributed by atoms with Crippen molar-refractivity contribution in [3.8, 4) is 0 Å². The van der Waals surface area contributed by atoms with Crippen LogP contribution >= 0.6 is 23.2 Å². The predicted molar refractivity (Wildman–Crippen MR) is 79.0 cm³/mol. The van der Waals surface area contributed by atoms with Gasteiger partial charge < -0.3 is 15.1 Å². The molecule has 19 heavy (non-hydrogen) atoms. The molecule has 1 fully saturated rings. The van der Waals surface area contributed by atoms with E-state index in [4.69, 9.17) is 23.2 Å². The summed E-state index contributed by atoms with van der Waals surface area (Å²) in [5.41, 5.74) is 0.730. The Hall–Kier alpha value is -0.970. The molecule has 0 atom stereocenters. The van der Waals surface area contributed by atoms with Crippen molar-refractivity contribution in [3.63, 3.8) is 0 Å². The monoisotopic (exact) mass is 301 g/mol. The summed E-state index contributed by atoms with van der Waals surface area (Å²) in [5, 5.41) is 4.16. The van der Waals surface area contributed by atoms with Crippen molar-refractivity contribution < 1.29 is 4.79 Å². The topological polar surface area (TPSA) is 35.6 Å². The highest BCUT2D eigenvalue weighted by Crippen LogP contribution is 2.25. The highest BCUT2D eigenvalue weighted by molar-refractivity contribution is 6.36. The van der Waals surface area contributed by atoms with E-state index in [1.165, 1.54) is 0 Å². The van der Waals surface area contributed by atoms with Gasteiger partial charge in [-0.2, -0.15) is 0 Å². The highest BCUT2D eigenvalue weighted by atomic mass is 35.5. The molecule has 6 heteroatoms. The zero-order chi connectivity index (χ0) is 13.8. The number of nitrogens with zero attached hydrogens (tertiary/aromatic N) is 2. The molecule has 0 spiro atoms. The molecule has 0 aliphatic carbocycles. The summed E-state index contributed by atoms with van der Waals surface area (Å²) < 4.78 is 0. The van der Waals surface area contributed by atoms with Crippen LogP contribution in [0.5, 0.6) is 0 Å². The van der Waals surface area contributed by atoms with Gasteiger partial charge in [0.2, 0.25) is 5.91 Å². The first-order valence-electron chi connectivity index (χ1n) is 6.21. The summed E-state index contributed by atoms with van der Waals surface area (Å²) in [4.78, 5) is 16.1. The van der Waals surface area contributed by atoms with E-state index in [1.807, 2.05) is 4.90 Å². The molecule has 1 amide bonds. The van der Waals surface area contributed by atoms with Crippen molar-refractivity contribution in [1.82, 2.24) is 9.80 Å². The van der Waals surface area contributed by atoms with Crippen molar-refractivity contribution in [2.24, 2.45) is 0 Å². The molecule has 0 unspecified atom stereocenters. The third-order valence-corrected chi connectivity index (χ3v) is 3.76. The lowest BCUT2D eigenvalue weighted by Crippen LogP contribution is -2.48. The van der Waals surface area contributed by atoms with Gasteiger partial charge in [-0.3, -0.25) is 4.79 Å². The number of hydrogen-bond acceptors (Lipinski definition) is 3. The van der Waals surface area contributed by atoms with Gasteiger partial charge in [0, 0.05) is 31.2 Å². The average molecular weight is 302 g/mol. The number of piperazine rings is 1. The first-order valence-corrected chi connectivity index (χ1v) is 6.97. The van der Waals surface area contributed by atoms with E-state index in [1.54, 1.807) is 18.2 Å². The largest absolute Gasteiger partial charge is 0.375 e. The van der Waals surface area contributed by atoms with Crippen LogP contribution in [-0.4, -0.2) is 55.5 Å². The number of hydrogen-bond donors (Lipinski definition) is 1. The molecular weight excluding hydrogens is 285 g/mol. The Kier molecular flexibility index (Phi) is 4.91. The predicted octanol–water partition coefficient (Wildman–Crippen LogP) is 2.18. The molecule has 1 aliphatic heterocycles. The van der Waals surface area contributed by atoms with Gasteiger partial charge >= 0.3 is 0 Å². The zero-order valence-corrected chi connectivity index (χ0v) is 12.3. The van der Waals surface area contributed by atoms with Crippen LogP contribution in [0.15, 0.2) is 18.2 Å². The summed E-state index contributed by atoms with van der Waals surface area (Å²) in [6, 6.07) is 5.18. The van der Waals surface area contributed by atoms with E-state index in [0.29, 0.717) is 10.0 Å². The van der Waals surface area contributed by atoms with E-state index in [0.717, 1.165) is 31.9 Å². The molecule has 1 aliphatic rings. The number of amides is 1. The molecule has 0 radical (unpaired) electrons. The minimum atomic E-state index is 0.0964. The molecule has 0 bridgehead atoms. The van der Waals surface area contributed by atoms with Crippen LogP contribution in [0.4, 0.5) is 5.69 Å². The zero-order valence-electron chi connectivity index (χ0n) is 10.8. The van der Waals surface area contributed by atoms with Gasteiger partial charge in [0.15, 0.2) is 0 Å². The second-order valence-corrected chi connectivity index (χ2v) is 5.51. The smallest absolute Gasteiger partial charge is 0.241 e. The second kappa shape index (κ2) is 6.46. The Morgan fingerprint density at radius 1 is 1.26 bits per heavy atom. The maximum Gasteiger partial charge on any atom is 0.241 e. The van der Waals surface area contributed by atoms with Gasteiger partial charge in [-0.25, -0.2) is 0 Å². The molecular formula is C13H17Cl2N3O. The molecule has 0 saturated carbocycles. The number of rotatable bonds is 3. The lowest BCUT2D eigenvalue weighted by Gasteiger charge is -2.32. The highest BCUT2D eigenvalue weighted by Gasteiger charge is 2.18. The van der Waals surface area contributed by atoms with Gasteiger partial charge in [0.25, 0.3) is 0 Å². The van der Waals surface area contributed by atoms with Gasteiger partial charge in [-0.15, -0.1) is 0 Å². The fraction of sp³-hybridized carbons (Fsp3) is 0.462. The van der Waals surface area contributed by atoms with Crippen molar-refractivity contribution in [2.45, 2.75) is 0 Å². The molecule has 0 aromatic heterocycles. The summed E-state index contributed by atoms with van der Waals surface area (Å²) in [7, 11) is 2.06. The Morgan fingerprint density at radius 3 is 2.58 bits per heavy atom. The van der Waals surface area contributed by atoms with Crippen LogP contribution in [0.2, 0.25) is 10.0 Å². The van der Waals surface area contributed by atoms with Crippen LogP contribution in [0, 0.1) is 0 Å². The number of likely N-dealkylation sites (N-methyl/N-ethyl adjacent to an activating group) is 1. The second-order valence-electron chi connectivity index (χ2n) is 4.66. The molecule has 2 rings (SSSR count). The number of benzene rings is 1. The third kappa shape index (κ3) is 4.00. The Bertz CT molecular complexity index is 459. The van der Waals surface area contributed by atoms with E-state index in [2.05, 4.69) is 17.3 Å². The van der Waals surface area contributed by atoms with Gasteiger partial charge in [-0.05, 0) is 25.2 Å². The van der Waals surface area contributed by atoms with Crippen LogP contribution in [0.3, 0.4) is 0 Å². The normalized spacial score (nSPS) is 16.5. The molecule has 1 heterocycles. The quantitative estimate of drug-likeness (QED) is 0.929. The van der Waals surface area contributed by atoms with E-state index in [9.17, 15) is 4.79 Å². The van der Waals surface area contributed by atoms with Crippen molar-refractivity contribution in [2.75, 3.05) is 45.1 Å². The van der Waals surface area contributed by atoms with Crippen molar-refractivity contribution in [3.05, 3.63) is 28.2 Å². The molecule has 1 N–H and O–H groups in total. The Morgan fingerprint density at radius 2 is 1.95 bits per heavy atom. The fourth-order valence-electron chi connectivity index (χ4n) is 1.97. The Labute approximate surface area is 123 Å². The van der Waals surface area contributed by atoms with Gasteiger partial charge in [0.1, 0.15) is 0 Å². The molecule has 1 aromatic carbocycles. The SMILES string of the molecule is CN1CCN(C(=O)CNc2ccc(Cl)cc2Cl)CC1. The van der Waals surface area contributed by atoms with Crippen LogP contribution < -0.4 is 5.32 Å². The standard InChI is InChI=1S/C13H17Cl2N3O/c1-17-4-6-18(7-5-17)13(19)9-16-12-3-2-10(14)8-11(12)15/h2-3,8,16H,4-7,9H2,1H3. The van der Waals surface area contributed by atoms with Crippen LogP contribution in [0.1, 0.15) is 0 Å². The average Bonchev–Trinajstić information content (AvgIpc) is 2.38. The summed E-state index contributed by atoms with van der Waals surface area (Å²) in [5.74, 6) is 0.0964. The number of carbonyl (C=O) groups excluding carboxylic acids is 1. The minimum absolute atomic E-state index is 0.0964. The first kappa shape index (κ1) is 14.4. The van der Waals surface area contributed by atoms with E-state index >= 15 is 0 Å².